The number of rotatable bonds is 4. The fraction of sp³-hybridized carbons (Fsp3) is 0.647. The van der Waals surface area contributed by atoms with Gasteiger partial charge in [-0.3, -0.25) is 0 Å². The summed E-state index contributed by atoms with van der Waals surface area (Å²) in [4.78, 5) is 1.88. The Morgan fingerprint density at radius 3 is 2.78 bits per heavy atom. The summed E-state index contributed by atoms with van der Waals surface area (Å²) in [5, 5.41) is 0. The molecule has 0 aliphatic carbocycles. The number of nitrogens with zero attached hydrogens (tertiary/aromatic N) is 1. The molecule has 2 aliphatic heterocycles. The van der Waals surface area contributed by atoms with Gasteiger partial charge in [0.25, 0.3) is 0 Å². The van der Waals surface area contributed by atoms with Crippen LogP contribution >= 0.6 is 0 Å². The minimum Gasteiger partial charge on any atom is -0.488 e. The van der Waals surface area contributed by atoms with Gasteiger partial charge >= 0.3 is 6.18 Å². The molecule has 128 valence electrons. The molecule has 2 saturated heterocycles. The maximum Gasteiger partial charge on any atom is 0.390 e. The van der Waals surface area contributed by atoms with Crippen molar-refractivity contribution in [2.75, 3.05) is 26.2 Å². The van der Waals surface area contributed by atoms with Crippen LogP contribution in [-0.4, -0.2) is 49.0 Å². The molecule has 1 spiro atoms. The summed E-state index contributed by atoms with van der Waals surface area (Å²) in [6, 6.07) is 9.57. The number of para-hydroxylation sites is 1. The van der Waals surface area contributed by atoms with Crippen LogP contribution in [-0.2, 0) is 4.74 Å². The van der Waals surface area contributed by atoms with Gasteiger partial charge in [-0.05, 0) is 31.5 Å². The number of hydrogen-bond acceptors (Lipinski definition) is 3. The van der Waals surface area contributed by atoms with Gasteiger partial charge < -0.3 is 14.4 Å². The summed E-state index contributed by atoms with van der Waals surface area (Å²) >= 11 is 0. The topological polar surface area (TPSA) is 21.7 Å². The Morgan fingerprint density at radius 1 is 1.26 bits per heavy atom. The lowest BCUT2D eigenvalue weighted by Gasteiger charge is -2.39. The molecule has 1 aromatic rings. The molecular weight excluding hydrogens is 307 g/mol. The maximum absolute atomic E-state index is 12.4. The number of benzene rings is 1. The van der Waals surface area contributed by atoms with Crippen LogP contribution in [0.25, 0.3) is 0 Å². The lowest BCUT2D eigenvalue weighted by atomic mass is 9.89. The minimum absolute atomic E-state index is 0.0278. The maximum atomic E-state index is 12.4. The fourth-order valence-electron chi connectivity index (χ4n) is 3.52. The zero-order valence-electron chi connectivity index (χ0n) is 13.0. The highest BCUT2D eigenvalue weighted by Gasteiger charge is 2.44. The van der Waals surface area contributed by atoms with Gasteiger partial charge in [-0.15, -0.1) is 0 Å². The smallest absolute Gasteiger partial charge is 0.390 e. The molecule has 6 heteroatoms. The van der Waals surface area contributed by atoms with E-state index >= 15 is 0 Å². The highest BCUT2D eigenvalue weighted by molar-refractivity contribution is 5.21. The van der Waals surface area contributed by atoms with E-state index in [-0.39, 0.29) is 18.2 Å². The fourth-order valence-corrected chi connectivity index (χ4v) is 3.52. The highest BCUT2D eigenvalue weighted by Crippen LogP contribution is 2.36. The number of piperidine rings is 1. The standard InChI is InChI=1S/C17H22F3NO2/c18-17(19,20)8-10-21-9-4-7-16(13-21)11-15(12-22-16)23-14-5-2-1-3-6-14/h1-3,5-6,15H,4,7-13H2. The summed E-state index contributed by atoms with van der Waals surface area (Å²) in [5.74, 6) is 0.808. The summed E-state index contributed by atoms with van der Waals surface area (Å²) in [6.07, 6.45) is -2.38. The van der Waals surface area contributed by atoms with Gasteiger partial charge in [0.15, 0.2) is 0 Å². The van der Waals surface area contributed by atoms with Crippen LogP contribution in [0, 0.1) is 0 Å². The molecule has 23 heavy (non-hydrogen) atoms. The minimum atomic E-state index is -4.10. The van der Waals surface area contributed by atoms with Crippen molar-refractivity contribution >= 4 is 0 Å². The van der Waals surface area contributed by atoms with E-state index < -0.39 is 12.6 Å². The van der Waals surface area contributed by atoms with E-state index in [4.69, 9.17) is 9.47 Å². The molecule has 2 fully saturated rings. The third-order valence-corrected chi connectivity index (χ3v) is 4.55. The lowest BCUT2D eigenvalue weighted by Crippen LogP contribution is -2.48. The number of likely N-dealkylation sites (tertiary alicyclic amines) is 1. The van der Waals surface area contributed by atoms with E-state index in [1.165, 1.54) is 0 Å². The summed E-state index contributed by atoms with van der Waals surface area (Å²) in [6.45, 7) is 1.84. The number of hydrogen-bond donors (Lipinski definition) is 0. The zero-order chi connectivity index (χ0) is 16.3. The Labute approximate surface area is 134 Å². The summed E-state index contributed by atoms with van der Waals surface area (Å²) < 4.78 is 49.1. The average Bonchev–Trinajstić information content (AvgIpc) is 2.88. The third kappa shape index (κ3) is 4.61. The first-order valence-electron chi connectivity index (χ1n) is 8.09. The SMILES string of the molecule is FC(F)(F)CCN1CCCC2(CC(Oc3ccccc3)CO2)C1. The Bertz CT molecular complexity index is 508. The first-order chi connectivity index (χ1) is 10.9. The van der Waals surface area contributed by atoms with Crippen LogP contribution in [0.1, 0.15) is 25.7 Å². The molecule has 3 rings (SSSR count). The largest absolute Gasteiger partial charge is 0.488 e. The van der Waals surface area contributed by atoms with Crippen molar-refractivity contribution in [2.45, 2.75) is 43.6 Å². The van der Waals surface area contributed by atoms with E-state index in [9.17, 15) is 13.2 Å². The molecule has 3 nitrogen and oxygen atoms in total. The molecule has 0 amide bonds. The molecule has 0 saturated carbocycles. The van der Waals surface area contributed by atoms with Crippen molar-refractivity contribution in [2.24, 2.45) is 0 Å². The molecule has 0 bridgehead atoms. The second-order valence-corrected chi connectivity index (χ2v) is 6.50. The van der Waals surface area contributed by atoms with Crippen LogP contribution in [0.3, 0.4) is 0 Å². The van der Waals surface area contributed by atoms with E-state index in [0.717, 1.165) is 25.0 Å². The van der Waals surface area contributed by atoms with Gasteiger partial charge in [-0.1, -0.05) is 18.2 Å². The Hall–Kier alpha value is -1.27. The van der Waals surface area contributed by atoms with E-state index in [1.807, 2.05) is 35.2 Å². The van der Waals surface area contributed by atoms with Crippen LogP contribution in [0.4, 0.5) is 13.2 Å². The molecule has 0 aromatic heterocycles. The van der Waals surface area contributed by atoms with E-state index in [2.05, 4.69) is 0 Å². The molecular formula is C17H22F3NO2. The highest BCUT2D eigenvalue weighted by atomic mass is 19.4. The molecule has 1 aromatic carbocycles. The molecule has 2 atom stereocenters. The van der Waals surface area contributed by atoms with Crippen LogP contribution < -0.4 is 4.74 Å². The normalized spacial score (nSPS) is 29.1. The van der Waals surface area contributed by atoms with Gasteiger partial charge in [0.2, 0.25) is 0 Å². The van der Waals surface area contributed by atoms with Crippen molar-refractivity contribution in [1.29, 1.82) is 0 Å². The zero-order valence-corrected chi connectivity index (χ0v) is 13.0. The van der Waals surface area contributed by atoms with E-state index in [1.54, 1.807) is 0 Å². The predicted molar refractivity (Wildman–Crippen MR) is 80.5 cm³/mol. The van der Waals surface area contributed by atoms with E-state index in [0.29, 0.717) is 19.7 Å². The summed E-state index contributed by atoms with van der Waals surface area (Å²) in [5.41, 5.74) is -0.344. The quantitative estimate of drug-likeness (QED) is 0.842. The average molecular weight is 329 g/mol. The number of halogens is 3. The van der Waals surface area contributed by atoms with Gasteiger partial charge in [-0.2, -0.15) is 13.2 Å². The molecule has 2 heterocycles. The molecule has 2 aliphatic rings. The van der Waals surface area contributed by atoms with Gasteiger partial charge in [-0.25, -0.2) is 0 Å². The first-order valence-corrected chi connectivity index (χ1v) is 8.09. The van der Waals surface area contributed by atoms with Crippen LogP contribution in [0.15, 0.2) is 30.3 Å². The summed E-state index contributed by atoms with van der Waals surface area (Å²) in [7, 11) is 0. The lowest BCUT2D eigenvalue weighted by molar-refractivity contribution is -0.142. The number of alkyl halides is 3. The van der Waals surface area contributed by atoms with Crippen LogP contribution in [0.5, 0.6) is 5.75 Å². The monoisotopic (exact) mass is 329 g/mol. The van der Waals surface area contributed by atoms with Crippen LogP contribution in [0.2, 0.25) is 0 Å². The Balaban J connectivity index is 1.53. The van der Waals surface area contributed by atoms with Gasteiger partial charge in [0.1, 0.15) is 11.9 Å². The first kappa shape index (κ1) is 16.6. The van der Waals surface area contributed by atoms with Gasteiger partial charge in [0.05, 0.1) is 18.6 Å². The Morgan fingerprint density at radius 2 is 2.04 bits per heavy atom. The number of ether oxygens (including phenoxy) is 2. The van der Waals surface area contributed by atoms with Gasteiger partial charge in [0, 0.05) is 19.5 Å². The van der Waals surface area contributed by atoms with Crippen molar-refractivity contribution in [1.82, 2.24) is 4.90 Å². The van der Waals surface area contributed by atoms with Crippen molar-refractivity contribution in [3.8, 4) is 5.75 Å². The molecule has 0 radical (unpaired) electrons. The second kappa shape index (κ2) is 6.69. The predicted octanol–water partition coefficient (Wildman–Crippen LogP) is 3.64. The molecule has 2 unspecified atom stereocenters. The van der Waals surface area contributed by atoms with Crippen molar-refractivity contribution in [3.05, 3.63) is 30.3 Å². The second-order valence-electron chi connectivity index (χ2n) is 6.50. The Kier molecular flexibility index (Phi) is 4.82. The van der Waals surface area contributed by atoms with Crippen molar-refractivity contribution in [3.63, 3.8) is 0 Å². The third-order valence-electron chi connectivity index (χ3n) is 4.55. The van der Waals surface area contributed by atoms with Crippen molar-refractivity contribution < 1.29 is 22.6 Å². The molecule has 0 N–H and O–H groups in total.